The molecule has 0 radical (unpaired) electrons. The highest BCUT2D eigenvalue weighted by Crippen LogP contribution is 2.29. The van der Waals surface area contributed by atoms with Gasteiger partial charge in [-0.05, 0) is 59.2 Å². The van der Waals surface area contributed by atoms with Gasteiger partial charge in [-0.15, -0.1) is 0 Å². The molecule has 0 aliphatic rings. The summed E-state index contributed by atoms with van der Waals surface area (Å²) in [5.41, 5.74) is 7.56. The maximum Gasteiger partial charge on any atom is 0.336 e. The molecule has 46 heavy (non-hydrogen) atoms. The fourth-order valence-corrected chi connectivity index (χ4v) is 4.24. The van der Waals surface area contributed by atoms with Crippen LogP contribution in [0.4, 0.5) is 5.69 Å². The van der Waals surface area contributed by atoms with Crippen molar-refractivity contribution in [2.24, 2.45) is 5.73 Å². The lowest BCUT2D eigenvalue weighted by Gasteiger charge is -2.16. The molecule has 14 heteroatoms. The van der Waals surface area contributed by atoms with E-state index < -0.39 is 39.9 Å². The first-order chi connectivity index (χ1) is 21.6. The number of carboxylic acids is 2. The normalized spacial score (nSPS) is 11.3. The molecule has 238 valence electrons. The van der Waals surface area contributed by atoms with Gasteiger partial charge in [0.05, 0.1) is 11.8 Å². The van der Waals surface area contributed by atoms with Crippen LogP contribution in [-0.2, 0) is 21.3 Å². The number of aliphatic carboxylic acids is 1. The number of carbonyl (C=O) groups is 4. The van der Waals surface area contributed by atoms with Crippen LogP contribution in [0.1, 0.15) is 42.2 Å². The number of nitrogens with one attached hydrogen (secondary N) is 3. The summed E-state index contributed by atoms with van der Waals surface area (Å²) in [6, 6.07) is 24.3. The van der Waals surface area contributed by atoms with E-state index in [0.29, 0.717) is 28.6 Å². The zero-order chi connectivity index (χ0) is 34.0. The first-order valence-corrected chi connectivity index (χ1v) is 15.2. The molecule has 2 amide bonds. The van der Waals surface area contributed by atoms with Crippen LogP contribution in [0.3, 0.4) is 0 Å². The van der Waals surface area contributed by atoms with Crippen molar-refractivity contribution in [3.63, 3.8) is 0 Å². The van der Waals surface area contributed by atoms with Gasteiger partial charge in [0.2, 0.25) is 0 Å². The number of carboxylic acid groups (broad SMARTS) is 2. The van der Waals surface area contributed by atoms with Gasteiger partial charge in [0.1, 0.15) is 11.9 Å². The number of carbonyl (C=O) groups excluding carboxylic acids is 2. The van der Waals surface area contributed by atoms with Gasteiger partial charge in [-0.3, -0.25) is 19.6 Å². The number of benzene rings is 4. The summed E-state index contributed by atoms with van der Waals surface area (Å²) in [6.45, 7) is 0. The van der Waals surface area contributed by atoms with Crippen molar-refractivity contribution in [2.75, 3.05) is 11.6 Å². The van der Waals surface area contributed by atoms with E-state index in [1.165, 1.54) is 12.1 Å². The fourth-order valence-electron chi connectivity index (χ4n) is 4.24. The van der Waals surface area contributed by atoms with Crippen molar-refractivity contribution in [3.8, 4) is 11.1 Å². The SMILES string of the molecule is CS(=O)(=O)O.N=C(N)c1ccc(NC(=O)c2ccccc2-c2ccc(C(=O)NC(Cc3ccccc3)C(=O)O)cc2C(=O)O)cc1. The summed E-state index contributed by atoms with van der Waals surface area (Å²) in [5.74, 6) is -3.92. The standard InChI is InChI=1S/C31H26N4O6.CH4O3S/c32-27(33)19-10-13-21(14-11-19)34-29(37)24-9-5-4-8-22(24)23-15-12-20(17-25(23)30(38)39)28(36)35-26(31(40)41)16-18-6-2-1-3-7-18;1-5(2,3)4/h1-15,17,26H,16H2,(H3,32,33)(H,34,37)(H,35,36)(H,38,39)(H,40,41);1H3,(H,2,3,4). The average Bonchev–Trinajstić information content (AvgIpc) is 3.00. The Kier molecular flexibility index (Phi) is 11.5. The van der Waals surface area contributed by atoms with Gasteiger partial charge in [-0.1, -0.05) is 54.6 Å². The molecule has 0 aliphatic heterocycles. The van der Waals surface area contributed by atoms with Crippen LogP contribution in [0.2, 0.25) is 0 Å². The molecule has 0 saturated heterocycles. The highest BCUT2D eigenvalue weighted by atomic mass is 32.2. The van der Waals surface area contributed by atoms with Crippen LogP contribution in [0.5, 0.6) is 0 Å². The lowest BCUT2D eigenvalue weighted by molar-refractivity contribution is -0.139. The van der Waals surface area contributed by atoms with Crippen LogP contribution >= 0.6 is 0 Å². The summed E-state index contributed by atoms with van der Waals surface area (Å²) in [5, 5.41) is 32.3. The maximum absolute atomic E-state index is 13.2. The molecule has 4 aromatic carbocycles. The molecule has 1 unspecified atom stereocenters. The average molecular weight is 647 g/mol. The smallest absolute Gasteiger partial charge is 0.336 e. The highest BCUT2D eigenvalue weighted by Gasteiger charge is 2.24. The topological polar surface area (TPSA) is 237 Å². The predicted molar refractivity (Wildman–Crippen MR) is 171 cm³/mol. The van der Waals surface area contributed by atoms with E-state index in [1.807, 2.05) is 0 Å². The largest absolute Gasteiger partial charge is 0.480 e. The molecule has 4 rings (SSSR count). The second kappa shape index (κ2) is 15.2. The number of nitrogens with two attached hydrogens (primary N) is 1. The second-order valence-corrected chi connectivity index (χ2v) is 11.3. The molecule has 0 saturated carbocycles. The zero-order valence-corrected chi connectivity index (χ0v) is 25.1. The van der Waals surface area contributed by atoms with Gasteiger partial charge in [-0.25, -0.2) is 9.59 Å². The molecule has 0 aromatic heterocycles. The molecule has 0 spiro atoms. The lowest BCUT2D eigenvalue weighted by Crippen LogP contribution is -2.42. The molecule has 0 heterocycles. The van der Waals surface area contributed by atoms with E-state index in [9.17, 15) is 37.8 Å². The fraction of sp³-hybridized carbons (Fsp3) is 0.0938. The number of anilines is 1. The van der Waals surface area contributed by atoms with Crippen LogP contribution in [-0.4, -0.2) is 65.1 Å². The van der Waals surface area contributed by atoms with E-state index in [2.05, 4.69) is 10.6 Å². The number of nitrogen functional groups attached to an aromatic ring is 1. The van der Waals surface area contributed by atoms with Crippen LogP contribution in [0.15, 0.2) is 97.1 Å². The molecular formula is C32H30N4O9S. The Hall–Kier alpha value is -5.86. The zero-order valence-electron chi connectivity index (χ0n) is 24.3. The number of amides is 2. The minimum atomic E-state index is -3.67. The van der Waals surface area contributed by atoms with E-state index in [4.69, 9.17) is 15.7 Å². The summed E-state index contributed by atoms with van der Waals surface area (Å²) in [6.07, 6.45) is 0.763. The number of hydrogen-bond donors (Lipinski definition) is 7. The Balaban J connectivity index is 0.00000107. The Bertz CT molecular complexity index is 1870. The Labute approximate surface area is 264 Å². The van der Waals surface area contributed by atoms with E-state index in [1.54, 1.807) is 78.9 Å². The van der Waals surface area contributed by atoms with Gasteiger partial charge >= 0.3 is 11.9 Å². The van der Waals surface area contributed by atoms with Crippen LogP contribution in [0.25, 0.3) is 11.1 Å². The molecular weight excluding hydrogens is 616 g/mol. The first-order valence-electron chi connectivity index (χ1n) is 13.4. The Morgan fingerprint density at radius 1 is 0.783 bits per heavy atom. The molecule has 0 fully saturated rings. The monoisotopic (exact) mass is 646 g/mol. The van der Waals surface area contributed by atoms with Gasteiger partial charge in [0, 0.05) is 28.8 Å². The molecule has 13 nitrogen and oxygen atoms in total. The number of aromatic carboxylic acids is 1. The Morgan fingerprint density at radius 2 is 1.33 bits per heavy atom. The predicted octanol–water partition coefficient (Wildman–Crippen LogP) is 3.52. The van der Waals surface area contributed by atoms with Crippen molar-refractivity contribution in [1.29, 1.82) is 5.41 Å². The first kappa shape index (κ1) is 34.6. The second-order valence-electron chi connectivity index (χ2n) is 9.84. The highest BCUT2D eigenvalue weighted by molar-refractivity contribution is 7.85. The minimum Gasteiger partial charge on any atom is -0.480 e. The van der Waals surface area contributed by atoms with Crippen molar-refractivity contribution >= 4 is 45.4 Å². The molecule has 4 aromatic rings. The molecule has 0 aliphatic carbocycles. The van der Waals surface area contributed by atoms with Crippen molar-refractivity contribution in [1.82, 2.24) is 5.32 Å². The third-order valence-electron chi connectivity index (χ3n) is 6.31. The number of rotatable bonds is 10. The summed E-state index contributed by atoms with van der Waals surface area (Å²) >= 11 is 0. The van der Waals surface area contributed by atoms with Crippen LogP contribution in [0, 0.1) is 5.41 Å². The molecule has 8 N–H and O–H groups in total. The van der Waals surface area contributed by atoms with Gasteiger partial charge < -0.3 is 26.6 Å². The van der Waals surface area contributed by atoms with Crippen molar-refractivity contribution in [3.05, 3.63) is 125 Å². The summed E-state index contributed by atoms with van der Waals surface area (Å²) in [4.78, 5) is 50.2. The third kappa shape index (κ3) is 10.1. The van der Waals surface area contributed by atoms with Gasteiger partial charge in [0.25, 0.3) is 21.9 Å². The number of hydrogen-bond acceptors (Lipinski definition) is 7. The quantitative estimate of drug-likeness (QED) is 0.0751. The van der Waals surface area contributed by atoms with Gasteiger partial charge in [0.15, 0.2) is 0 Å². The van der Waals surface area contributed by atoms with Crippen molar-refractivity contribution < 1.29 is 42.4 Å². The lowest BCUT2D eigenvalue weighted by atomic mass is 9.93. The Morgan fingerprint density at radius 3 is 1.89 bits per heavy atom. The van der Waals surface area contributed by atoms with Crippen LogP contribution < -0.4 is 16.4 Å². The molecule has 0 bridgehead atoms. The van der Waals surface area contributed by atoms with Crippen molar-refractivity contribution in [2.45, 2.75) is 12.5 Å². The number of amidine groups is 1. The van der Waals surface area contributed by atoms with Gasteiger partial charge in [-0.2, -0.15) is 8.42 Å². The van der Waals surface area contributed by atoms with E-state index >= 15 is 0 Å². The summed E-state index contributed by atoms with van der Waals surface area (Å²) in [7, 11) is -3.67. The maximum atomic E-state index is 13.2. The molecule has 1 atom stereocenters. The third-order valence-corrected chi connectivity index (χ3v) is 6.31. The van der Waals surface area contributed by atoms with E-state index in [0.717, 1.165) is 6.07 Å². The van der Waals surface area contributed by atoms with E-state index in [-0.39, 0.29) is 34.5 Å². The summed E-state index contributed by atoms with van der Waals surface area (Å²) < 4.78 is 25.9. The minimum absolute atomic E-state index is 0.0436.